The summed E-state index contributed by atoms with van der Waals surface area (Å²) in [5.41, 5.74) is 4.34. The number of ether oxygens (including phenoxy) is 1. The van der Waals surface area contributed by atoms with Crippen molar-refractivity contribution >= 4 is 18.0 Å². The molecule has 2 amide bonds. The first kappa shape index (κ1) is 23.8. The highest BCUT2D eigenvalue weighted by atomic mass is 16.5. The van der Waals surface area contributed by atoms with Crippen LogP contribution in [0.2, 0.25) is 0 Å². The van der Waals surface area contributed by atoms with Crippen molar-refractivity contribution in [2.75, 3.05) is 13.2 Å². The van der Waals surface area contributed by atoms with Gasteiger partial charge >= 0.3 is 12.1 Å². The second-order valence-corrected chi connectivity index (χ2v) is 10.5. The number of hydrogen-bond acceptors (Lipinski definition) is 4. The Kier molecular flexibility index (Phi) is 6.64. The summed E-state index contributed by atoms with van der Waals surface area (Å²) in [7, 11) is 0. The molecule has 3 atom stereocenters. The SMILES string of the molecule is CC(C)(C)CC(NC(=O)OCC1c2ccccc2-c2ccccc21)C(=O)NC[C@H]1C[C@H]1C(=O)O. The highest BCUT2D eigenvalue weighted by Crippen LogP contribution is 2.44. The Hall–Kier alpha value is -3.35. The molecule has 0 aliphatic heterocycles. The van der Waals surface area contributed by atoms with Crippen LogP contribution >= 0.6 is 0 Å². The molecule has 0 aromatic heterocycles. The minimum absolute atomic E-state index is 0.0498. The number of aliphatic carboxylic acids is 1. The van der Waals surface area contributed by atoms with Crippen LogP contribution < -0.4 is 10.6 Å². The minimum atomic E-state index is -0.831. The standard InChI is InChI=1S/C27H32N2O5/c1-27(2,3)13-23(24(30)28-14-16-12-21(16)25(31)32)29-26(33)34-15-22-19-10-6-4-8-17(19)18-9-5-7-11-20(18)22/h4-11,16,21-23H,12-15H2,1-3H3,(H,28,30)(H,29,33)(H,31,32)/t16-,21-,23?/m1/s1. The van der Waals surface area contributed by atoms with Crippen molar-refractivity contribution in [3.63, 3.8) is 0 Å². The maximum absolute atomic E-state index is 12.8. The molecular formula is C27H32N2O5. The van der Waals surface area contributed by atoms with E-state index in [-0.39, 0.29) is 29.8 Å². The van der Waals surface area contributed by atoms with Crippen LogP contribution in [0, 0.1) is 17.3 Å². The van der Waals surface area contributed by atoms with Gasteiger partial charge in [-0.25, -0.2) is 4.79 Å². The van der Waals surface area contributed by atoms with Crippen LogP contribution in [0.4, 0.5) is 4.79 Å². The van der Waals surface area contributed by atoms with Gasteiger partial charge < -0.3 is 20.5 Å². The van der Waals surface area contributed by atoms with E-state index in [1.807, 2.05) is 45.0 Å². The fourth-order valence-electron chi connectivity index (χ4n) is 4.73. The smallest absolute Gasteiger partial charge is 0.407 e. The highest BCUT2D eigenvalue weighted by molar-refractivity contribution is 5.86. The van der Waals surface area contributed by atoms with Gasteiger partial charge in [0.15, 0.2) is 0 Å². The summed E-state index contributed by atoms with van der Waals surface area (Å²) < 4.78 is 5.61. The van der Waals surface area contributed by atoms with E-state index in [1.54, 1.807) is 0 Å². The summed E-state index contributed by atoms with van der Waals surface area (Å²) >= 11 is 0. The molecule has 7 heteroatoms. The minimum Gasteiger partial charge on any atom is -0.481 e. The number of benzene rings is 2. The third kappa shape index (κ3) is 5.41. The number of carboxylic acid groups (broad SMARTS) is 1. The van der Waals surface area contributed by atoms with Crippen molar-refractivity contribution in [3.8, 4) is 11.1 Å². The van der Waals surface area contributed by atoms with Gasteiger partial charge in [0, 0.05) is 12.5 Å². The normalized spacial score (nSPS) is 19.5. The fourth-order valence-corrected chi connectivity index (χ4v) is 4.73. The summed E-state index contributed by atoms with van der Waals surface area (Å²) in [6, 6.07) is 15.5. The van der Waals surface area contributed by atoms with Crippen molar-refractivity contribution < 1.29 is 24.2 Å². The Morgan fingerprint density at radius 3 is 2.15 bits per heavy atom. The maximum Gasteiger partial charge on any atom is 0.407 e. The van der Waals surface area contributed by atoms with Gasteiger partial charge in [-0.15, -0.1) is 0 Å². The number of alkyl carbamates (subject to hydrolysis) is 1. The molecule has 34 heavy (non-hydrogen) atoms. The van der Waals surface area contributed by atoms with Gasteiger partial charge in [0.05, 0.1) is 5.92 Å². The molecule has 4 rings (SSSR count). The van der Waals surface area contributed by atoms with Gasteiger partial charge in [-0.3, -0.25) is 9.59 Å². The molecule has 0 bridgehead atoms. The molecule has 7 nitrogen and oxygen atoms in total. The molecule has 3 N–H and O–H groups in total. The number of nitrogens with one attached hydrogen (secondary N) is 2. The van der Waals surface area contributed by atoms with Crippen molar-refractivity contribution in [1.29, 1.82) is 0 Å². The molecule has 1 unspecified atom stereocenters. The largest absolute Gasteiger partial charge is 0.481 e. The molecule has 1 saturated carbocycles. The predicted octanol–water partition coefficient (Wildman–Crippen LogP) is 4.17. The van der Waals surface area contributed by atoms with Crippen molar-refractivity contribution in [2.45, 2.75) is 45.6 Å². The number of rotatable bonds is 8. The van der Waals surface area contributed by atoms with Crippen molar-refractivity contribution in [1.82, 2.24) is 10.6 Å². The lowest BCUT2D eigenvalue weighted by molar-refractivity contribution is -0.139. The molecule has 1 fully saturated rings. The Labute approximate surface area is 199 Å². The molecule has 2 aliphatic rings. The molecule has 0 saturated heterocycles. The highest BCUT2D eigenvalue weighted by Gasteiger charge is 2.43. The number of carbonyl (C=O) groups is 3. The van der Waals surface area contributed by atoms with Crippen LogP contribution in [-0.2, 0) is 14.3 Å². The maximum atomic E-state index is 12.8. The van der Waals surface area contributed by atoms with Crippen LogP contribution in [0.15, 0.2) is 48.5 Å². The molecule has 180 valence electrons. The van der Waals surface area contributed by atoms with Crippen LogP contribution in [0.1, 0.15) is 50.7 Å². The Morgan fingerprint density at radius 2 is 1.62 bits per heavy atom. The number of carbonyl (C=O) groups excluding carboxylic acids is 2. The first-order chi connectivity index (χ1) is 16.1. The van der Waals surface area contributed by atoms with E-state index < -0.39 is 24.0 Å². The Balaban J connectivity index is 1.37. The molecule has 0 radical (unpaired) electrons. The summed E-state index contributed by atoms with van der Waals surface area (Å²) in [6.45, 7) is 6.45. The van der Waals surface area contributed by atoms with E-state index in [0.29, 0.717) is 19.4 Å². The lowest BCUT2D eigenvalue weighted by atomic mass is 9.88. The van der Waals surface area contributed by atoms with Gasteiger partial charge in [-0.05, 0) is 46.4 Å². The zero-order valence-electron chi connectivity index (χ0n) is 19.8. The quantitative estimate of drug-likeness (QED) is 0.544. The van der Waals surface area contributed by atoms with Crippen LogP contribution in [0.3, 0.4) is 0 Å². The third-order valence-corrected chi connectivity index (χ3v) is 6.55. The van der Waals surface area contributed by atoms with E-state index in [0.717, 1.165) is 22.3 Å². The average Bonchev–Trinajstić information content (AvgIpc) is 3.50. The zero-order chi connectivity index (χ0) is 24.5. The molecule has 2 aliphatic carbocycles. The second kappa shape index (κ2) is 9.49. The molecule has 0 spiro atoms. The van der Waals surface area contributed by atoms with Crippen LogP contribution in [-0.4, -0.2) is 42.3 Å². The van der Waals surface area contributed by atoms with Gasteiger partial charge in [-0.2, -0.15) is 0 Å². The third-order valence-electron chi connectivity index (χ3n) is 6.55. The summed E-state index contributed by atoms with van der Waals surface area (Å²) in [6.07, 6.45) is 0.358. The van der Waals surface area contributed by atoms with E-state index in [4.69, 9.17) is 9.84 Å². The van der Waals surface area contributed by atoms with Crippen LogP contribution in [0.5, 0.6) is 0 Å². The molecule has 0 heterocycles. The first-order valence-corrected chi connectivity index (χ1v) is 11.8. The van der Waals surface area contributed by atoms with Crippen molar-refractivity contribution in [3.05, 3.63) is 59.7 Å². The summed E-state index contributed by atoms with van der Waals surface area (Å²) in [5.74, 6) is -1.65. The zero-order valence-corrected chi connectivity index (χ0v) is 19.8. The second-order valence-electron chi connectivity index (χ2n) is 10.5. The van der Waals surface area contributed by atoms with Gasteiger partial charge in [0.25, 0.3) is 0 Å². The lowest BCUT2D eigenvalue weighted by Crippen LogP contribution is -2.49. The van der Waals surface area contributed by atoms with Crippen molar-refractivity contribution in [2.24, 2.45) is 17.3 Å². The monoisotopic (exact) mass is 464 g/mol. The van der Waals surface area contributed by atoms with Crippen LogP contribution in [0.25, 0.3) is 11.1 Å². The lowest BCUT2D eigenvalue weighted by Gasteiger charge is -2.26. The fraction of sp³-hybridized carbons (Fsp3) is 0.444. The van der Waals surface area contributed by atoms with E-state index in [1.165, 1.54) is 0 Å². The molecule has 2 aromatic rings. The molecular weight excluding hydrogens is 432 g/mol. The van der Waals surface area contributed by atoms with E-state index >= 15 is 0 Å². The Morgan fingerprint density at radius 1 is 1.03 bits per heavy atom. The number of carboxylic acids is 1. The topological polar surface area (TPSA) is 105 Å². The summed E-state index contributed by atoms with van der Waals surface area (Å²) in [4.78, 5) is 36.6. The number of fused-ring (bicyclic) bond motifs is 3. The van der Waals surface area contributed by atoms with Gasteiger partial charge in [0.2, 0.25) is 5.91 Å². The molecule has 2 aromatic carbocycles. The number of hydrogen-bond donors (Lipinski definition) is 3. The average molecular weight is 465 g/mol. The Bertz CT molecular complexity index is 1040. The summed E-state index contributed by atoms with van der Waals surface area (Å²) in [5, 5.41) is 14.6. The van der Waals surface area contributed by atoms with Gasteiger partial charge in [-0.1, -0.05) is 69.3 Å². The predicted molar refractivity (Wildman–Crippen MR) is 128 cm³/mol. The van der Waals surface area contributed by atoms with Gasteiger partial charge in [0.1, 0.15) is 12.6 Å². The first-order valence-electron chi connectivity index (χ1n) is 11.8. The van der Waals surface area contributed by atoms with E-state index in [2.05, 4.69) is 34.9 Å². The number of amides is 2. The van der Waals surface area contributed by atoms with E-state index in [9.17, 15) is 14.4 Å².